The number of hydrogen-bond acceptors (Lipinski definition) is 4. The Kier molecular flexibility index (Phi) is 4.86. The van der Waals surface area contributed by atoms with Crippen LogP contribution in [-0.2, 0) is 17.5 Å². The zero-order chi connectivity index (χ0) is 18.9. The highest BCUT2D eigenvalue weighted by Gasteiger charge is 2.35. The van der Waals surface area contributed by atoms with Crippen LogP contribution in [-0.4, -0.2) is 31.4 Å². The molecule has 8 nitrogen and oxygen atoms in total. The minimum atomic E-state index is -4.60. The first-order chi connectivity index (χ1) is 11.5. The van der Waals surface area contributed by atoms with Crippen molar-refractivity contribution in [2.24, 2.45) is 5.73 Å². The Hall–Kier alpha value is -2.85. The van der Waals surface area contributed by atoms with Crippen LogP contribution in [0.1, 0.15) is 41.8 Å². The number of alkyl halides is 3. The van der Waals surface area contributed by atoms with Gasteiger partial charge >= 0.3 is 6.18 Å². The van der Waals surface area contributed by atoms with Crippen molar-refractivity contribution in [2.75, 3.05) is 5.32 Å². The molecular weight excluding hydrogens is 341 g/mol. The molecule has 0 aliphatic rings. The smallest absolute Gasteiger partial charge is 0.364 e. The monoisotopic (exact) mass is 358 g/mol. The summed E-state index contributed by atoms with van der Waals surface area (Å²) in [4.78, 5) is 23.7. The Balaban J connectivity index is 2.26. The molecule has 0 unspecified atom stereocenters. The van der Waals surface area contributed by atoms with E-state index < -0.39 is 29.7 Å². The summed E-state index contributed by atoms with van der Waals surface area (Å²) >= 11 is 0. The number of anilines is 1. The Labute approximate surface area is 140 Å². The summed E-state index contributed by atoms with van der Waals surface area (Å²) in [6.07, 6.45) is -3.19. The number of aromatic nitrogens is 4. The number of nitrogens with zero attached hydrogens (tertiary/aromatic N) is 4. The molecule has 2 aromatic rings. The molecule has 2 aromatic heterocycles. The standard InChI is InChI=1S/C14H17F3N6O2/c1-4-22-6-9(11(21-22)12(18)24)19-13(25)8(3)23-7(2)5-10(20-23)14(15,16)17/h5-6,8H,4H2,1-3H3,(H2,18,24)(H,19,25)/t8-/m0/s1. The molecule has 0 aliphatic heterocycles. The number of rotatable bonds is 5. The maximum atomic E-state index is 12.7. The third-order valence-electron chi connectivity index (χ3n) is 3.54. The molecule has 2 rings (SSSR count). The van der Waals surface area contributed by atoms with Gasteiger partial charge in [0.15, 0.2) is 11.4 Å². The van der Waals surface area contributed by atoms with E-state index in [1.165, 1.54) is 24.7 Å². The van der Waals surface area contributed by atoms with E-state index in [1.54, 1.807) is 6.92 Å². The lowest BCUT2D eigenvalue weighted by atomic mass is 10.2. The van der Waals surface area contributed by atoms with Crippen LogP contribution in [0.5, 0.6) is 0 Å². The molecule has 2 heterocycles. The van der Waals surface area contributed by atoms with Crippen LogP contribution < -0.4 is 11.1 Å². The molecule has 136 valence electrons. The normalized spacial score (nSPS) is 12.9. The van der Waals surface area contributed by atoms with Gasteiger partial charge in [-0.2, -0.15) is 23.4 Å². The summed E-state index contributed by atoms with van der Waals surface area (Å²) in [6.45, 7) is 5.02. The van der Waals surface area contributed by atoms with Crippen LogP contribution in [0.4, 0.5) is 18.9 Å². The van der Waals surface area contributed by atoms with Gasteiger partial charge in [0.05, 0.1) is 5.69 Å². The van der Waals surface area contributed by atoms with Gasteiger partial charge in [-0.25, -0.2) is 0 Å². The average molecular weight is 358 g/mol. The molecule has 0 spiro atoms. The van der Waals surface area contributed by atoms with Crippen molar-refractivity contribution in [1.29, 1.82) is 0 Å². The largest absolute Gasteiger partial charge is 0.435 e. The van der Waals surface area contributed by atoms with Crippen molar-refractivity contribution in [2.45, 2.75) is 39.5 Å². The highest BCUT2D eigenvalue weighted by Crippen LogP contribution is 2.29. The van der Waals surface area contributed by atoms with Crippen molar-refractivity contribution in [1.82, 2.24) is 19.6 Å². The minimum absolute atomic E-state index is 0.0899. The fourth-order valence-electron chi connectivity index (χ4n) is 2.22. The molecule has 25 heavy (non-hydrogen) atoms. The van der Waals surface area contributed by atoms with E-state index in [4.69, 9.17) is 5.73 Å². The highest BCUT2D eigenvalue weighted by molar-refractivity contribution is 6.02. The summed E-state index contributed by atoms with van der Waals surface area (Å²) in [5.41, 5.74) is 4.27. The summed E-state index contributed by atoms with van der Waals surface area (Å²) < 4.78 is 40.6. The van der Waals surface area contributed by atoms with Crippen LogP contribution >= 0.6 is 0 Å². The number of halogens is 3. The number of nitrogens with one attached hydrogen (secondary N) is 1. The zero-order valence-corrected chi connectivity index (χ0v) is 13.8. The minimum Gasteiger partial charge on any atom is -0.364 e. The van der Waals surface area contributed by atoms with Crippen molar-refractivity contribution in [3.63, 3.8) is 0 Å². The molecule has 0 aromatic carbocycles. The third kappa shape index (κ3) is 3.80. The van der Waals surface area contributed by atoms with E-state index in [2.05, 4.69) is 15.5 Å². The number of aryl methyl sites for hydroxylation is 2. The quantitative estimate of drug-likeness (QED) is 0.848. The van der Waals surface area contributed by atoms with Gasteiger partial charge in [-0.3, -0.25) is 19.0 Å². The SMILES string of the molecule is CCn1cc(NC(=O)[C@H](C)n2nc(C(F)(F)F)cc2C)c(C(N)=O)n1. The summed E-state index contributed by atoms with van der Waals surface area (Å²) in [7, 11) is 0. The fraction of sp³-hybridized carbons (Fsp3) is 0.429. The van der Waals surface area contributed by atoms with E-state index >= 15 is 0 Å². The summed E-state index contributed by atoms with van der Waals surface area (Å²) in [5, 5.41) is 9.82. The van der Waals surface area contributed by atoms with Crippen molar-refractivity contribution in [3.8, 4) is 0 Å². The van der Waals surface area contributed by atoms with Gasteiger partial charge < -0.3 is 11.1 Å². The lowest BCUT2D eigenvalue weighted by molar-refractivity contribution is -0.141. The van der Waals surface area contributed by atoms with Crippen LogP contribution in [0.2, 0.25) is 0 Å². The van der Waals surface area contributed by atoms with Gasteiger partial charge in [0, 0.05) is 18.4 Å². The molecular formula is C14H17F3N6O2. The topological polar surface area (TPSA) is 108 Å². The summed E-state index contributed by atoms with van der Waals surface area (Å²) in [5.74, 6) is -1.48. The van der Waals surface area contributed by atoms with Gasteiger partial charge in [0.1, 0.15) is 6.04 Å². The molecule has 0 saturated carbocycles. The maximum Gasteiger partial charge on any atom is 0.435 e. The third-order valence-corrected chi connectivity index (χ3v) is 3.54. The lowest BCUT2D eigenvalue weighted by Gasteiger charge is -2.14. The maximum absolute atomic E-state index is 12.7. The number of primary amides is 1. The van der Waals surface area contributed by atoms with E-state index in [-0.39, 0.29) is 17.1 Å². The van der Waals surface area contributed by atoms with Crippen LogP contribution in [0.25, 0.3) is 0 Å². The molecule has 0 aliphatic carbocycles. The molecule has 0 radical (unpaired) electrons. The van der Waals surface area contributed by atoms with E-state index in [0.717, 1.165) is 10.7 Å². The highest BCUT2D eigenvalue weighted by atomic mass is 19.4. The van der Waals surface area contributed by atoms with Gasteiger partial charge in [-0.05, 0) is 26.8 Å². The van der Waals surface area contributed by atoms with Crippen LogP contribution in [0.15, 0.2) is 12.3 Å². The summed E-state index contributed by atoms with van der Waals surface area (Å²) in [6, 6.07) is -0.185. The molecule has 11 heteroatoms. The molecule has 0 saturated heterocycles. The van der Waals surface area contributed by atoms with Crippen LogP contribution in [0, 0.1) is 6.92 Å². The van der Waals surface area contributed by atoms with E-state index in [0.29, 0.717) is 6.54 Å². The zero-order valence-electron chi connectivity index (χ0n) is 13.8. The average Bonchev–Trinajstić information content (AvgIpc) is 3.09. The van der Waals surface area contributed by atoms with Crippen molar-refractivity contribution < 1.29 is 22.8 Å². The predicted molar refractivity (Wildman–Crippen MR) is 81.7 cm³/mol. The fourth-order valence-corrected chi connectivity index (χ4v) is 2.22. The van der Waals surface area contributed by atoms with Crippen molar-refractivity contribution in [3.05, 3.63) is 29.3 Å². The molecule has 1 atom stereocenters. The van der Waals surface area contributed by atoms with Crippen molar-refractivity contribution >= 4 is 17.5 Å². The Morgan fingerprint density at radius 1 is 1.36 bits per heavy atom. The molecule has 2 amide bonds. The van der Waals surface area contributed by atoms with Gasteiger partial charge in [-0.1, -0.05) is 0 Å². The van der Waals surface area contributed by atoms with Gasteiger partial charge in [-0.15, -0.1) is 0 Å². The van der Waals surface area contributed by atoms with Gasteiger partial charge in [0.25, 0.3) is 5.91 Å². The number of carbonyl (C=O) groups excluding carboxylic acids is 2. The van der Waals surface area contributed by atoms with Gasteiger partial charge in [0.2, 0.25) is 5.91 Å². The Bertz CT molecular complexity index is 808. The lowest BCUT2D eigenvalue weighted by Crippen LogP contribution is -2.26. The second-order valence-corrected chi connectivity index (χ2v) is 5.39. The molecule has 0 bridgehead atoms. The Morgan fingerprint density at radius 3 is 2.48 bits per heavy atom. The van der Waals surface area contributed by atoms with Crippen LogP contribution in [0.3, 0.4) is 0 Å². The van der Waals surface area contributed by atoms with E-state index in [9.17, 15) is 22.8 Å². The number of amides is 2. The molecule has 3 N–H and O–H groups in total. The first-order valence-electron chi connectivity index (χ1n) is 7.36. The first-order valence-corrected chi connectivity index (χ1v) is 7.36. The van der Waals surface area contributed by atoms with E-state index in [1.807, 2.05) is 0 Å². The predicted octanol–water partition coefficient (Wildman–Crippen LogP) is 1.73. The first kappa shape index (κ1) is 18.5. The number of nitrogens with two attached hydrogens (primary N) is 1. The Morgan fingerprint density at radius 2 is 2.00 bits per heavy atom. The second kappa shape index (κ2) is 6.57. The number of hydrogen-bond donors (Lipinski definition) is 2. The second-order valence-electron chi connectivity index (χ2n) is 5.39. The molecule has 0 fully saturated rings. The number of carbonyl (C=O) groups is 2.